The van der Waals surface area contributed by atoms with Gasteiger partial charge in [0.2, 0.25) is 0 Å². The van der Waals surface area contributed by atoms with Crippen LogP contribution in [0.2, 0.25) is 0 Å². The van der Waals surface area contributed by atoms with Gasteiger partial charge in [0, 0.05) is 18.7 Å². The van der Waals surface area contributed by atoms with Crippen LogP contribution in [0.4, 0.5) is 15.8 Å². The van der Waals surface area contributed by atoms with Crippen molar-refractivity contribution in [3.63, 3.8) is 0 Å². The monoisotopic (exact) mass is 306 g/mol. The van der Waals surface area contributed by atoms with Crippen LogP contribution in [0.1, 0.15) is 11.7 Å². The molecule has 1 unspecified atom stereocenters. The number of ether oxygens (including phenoxy) is 1. The smallest absolute Gasteiger partial charge is 0.292 e. The Morgan fingerprint density at radius 2 is 2.00 bits per heavy atom. The Labute approximate surface area is 126 Å². The Bertz CT molecular complexity index is 661. The number of aliphatic hydroxyl groups excluding tert-OH is 1. The molecular weight excluding hydrogens is 291 g/mol. The molecule has 0 heterocycles. The van der Waals surface area contributed by atoms with Crippen LogP contribution in [0, 0.1) is 15.9 Å². The summed E-state index contributed by atoms with van der Waals surface area (Å²) in [5, 5.41) is 23.7. The van der Waals surface area contributed by atoms with Gasteiger partial charge in [-0.2, -0.15) is 0 Å². The zero-order chi connectivity index (χ0) is 16.1. The van der Waals surface area contributed by atoms with Crippen molar-refractivity contribution in [3.05, 3.63) is 64.0 Å². The fraction of sp³-hybridized carbons (Fsp3) is 0.200. The predicted octanol–water partition coefficient (Wildman–Crippen LogP) is 2.89. The Hall–Kier alpha value is -2.67. The number of aliphatic hydroxyl groups is 1. The summed E-state index contributed by atoms with van der Waals surface area (Å²) in [6.07, 6.45) is -0.895. The molecule has 0 fully saturated rings. The van der Waals surface area contributed by atoms with Crippen LogP contribution in [-0.4, -0.2) is 23.7 Å². The lowest BCUT2D eigenvalue weighted by Gasteiger charge is -2.14. The van der Waals surface area contributed by atoms with Crippen molar-refractivity contribution in [2.24, 2.45) is 0 Å². The van der Waals surface area contributed by atoms with Crippen molar-refractivity contribution in [3.8, 4) is 5.75 Å². The van der Waals surface area contributed by atoms with Crippen LogP contribution >= 0.6 is 0 Å². The molecule has 0 bridgehead atoms. The molecule has 0 radical (unpaired) electrons. The molecule has 2 rings (SSSR count). The number of nitro groups is 1. The van der Waals surface area contributed by atoms with E-state index < -0.39 is 16.8 Å². The van der Waals surface area contributed by atoms with Crippen LogP contribution < -0.4 is 10.1 Å². The molecule has 0 aliphatic carbocycles. The summed E-state index contributed by atoms with van der Waals surface area (Å²) in [4.78, 5) is 10.3. The van der Waals surface area contributed by atoms with Gasteiger partial charge >= 0.3 is 0 Å². The molecule has 2 aromatic carbocycles. The molecule has 2 aromatic rings. The van der Waals surface area contributed by atoms with E-state index in [-0.39, 0.29) is 17.9 Å². The van der Waals surface area contributed by atoms with E-state index in [9.17, 15) is 19.6 Å². The Morgan fingerprint density at radius 1 is 1.32 bits per heavy atom. The third-order valence-electron chi connectivity index (χ3n) is 3.14. The molecule has 0 spiro atoms. The summed E-state index contributed by atoms with van der Waals surface area (Å²) in [7, 11) is 1.54. The molecule has 2 N–H and O–H groups in total. The van der Waals surface area contributed by atoms with Gasteiger partial charge in [0.15, 0.2) is 0 Å². The highest BCUT2D eigenvalue weighted by atomic mass is 19.1. The number of hydrogen-bond acceptors (Lipinski definition) is 5. The van der Waals surface area contributed by atoms with Gasteiger partial charge in [0.05, 0.1) is 18.1 Å². The molecule has 0 aliphatic heterocycles. The van der Waals surface area contributed by atoms with E-state index in [1.54, 1.807) is 24.3 Å². The molecule has 116 valence electrons. The Kier molecular flexibility index (Phi) is 4.90. The first-order chi connectivity index (χ1) is 10.5. The van der Waals surface area contributed by atoms with Crippen molar-refractivity contribution < 1.29 is 19.2 Å². The molecule has 0 amide bonds. The summed E-state index contributed by atoms with van der Waals surface area (Å²) in [6, 6.07) is 9.89. The van der Waals surface area contributed by atoms with E-state index in [4.69, 9.17) is 4.74 Å². The minimum atomic E-state index is -0.895. The van der Waals surface area contributed by atoms with E-state index in [1.165, 1.54) is 7.11 Å². The Balaban J connectivity index is 2.08. The molecule has 0 saturated heterocycles. The number of methoxy groups -OCH3 is 1. The second kappa shape index (κ2) is 6.86. The maximum atomic E-state index is 13.2. The van der Waals surface area contributed by atoms with Gasteiger partial charge in [-0.25, -0.2) is 4.39 Å². The van der Waals surface area contributed by atoms with Crippen molar-refractivity contribution in [2.45, 2.75) is 6.10 Å². The van der Waals surface area contributed by atoms with E-state index in [0.717, 1.165) is 18.2 Å². The highest BCUT2D eigenvalue weighted by Crippen LogP contribution is 2.26. The van der Waals surface area contributed by atoms with E-state index in [1.807, 2.05) is 0 Å². The van der Waals surface area contributed by atoms with Crippen LogP contribution in [0.15, 0.2) is 42.5 Å². The average Bonchev–Trinajstić information content (AvgIpc) is 2.52. The summed E-state index contributed by atoms with van der Waals surface area (Å²) in [6.45, 7) is 0.0105. The van der Waals surface area contributed by atoms with E-state index in [0.29, 0.717) is 11.3 Å². The molecule has 6 nitrogen and oxygen atoms in total. The predicted molar refractivity (Wildman–Crippen MR) is 79.5 cm³/mol. The van der Waals surface area contributed by atoms with Crippen molar-refractivity contribution in [2.75, 3.05) is 19.0 Å². The van der Waals surface area contributed by atoms with Crippen molar-refractivity contribution >= 4 is 11.4 Å². The van der Waals surface area contributed by atoms with Gasteiger partial charge in [0.1, 0.15) is 17.3 Å². The molecule has 1 atom stereocenters. The molecule has 0 aromatic heterocycles. The maximum Gasteiger partial charge on any atom is 0.292 e. The van der Waals surface area contributed by atoms with Crippen LogP contribution in [0.5, 0.6) is 5.75 Å². The summed E-state index contributed by atoms with van der Waals surface area (Å²) in [5.41, 5.74) is 0.397. The maximum absolute atomic E-state index is 13.2. The zero-order valence-electron chi connectivity index (χ0n) is 11.8. The highest BCUT2D eigenvalue weighted by Gasteiger charge is 2.16. The number of nitro benzene ring substituents is 1. The van der Waals surface area contributed by atoms with Gasteiger partial charge in [-0.1, -0.05) is 12.1 Å². The third-order valence-corrected chi connectivity index (χ3v) is 3.14. The van der Waals surface area contributed by atoms with Gasteiger partial charge in [0.25, 0.3) is 5.69 Å². The number of hydrogen-bond donors (Lipinski definition) is 2. The second-order valence-electron chi connectivity index (χ2n) is 4.59. The summed E-state index contributed by atoms with van der Waals surface area (Å²) < 4.78 is 18.2. The minimum Gasteiger partial charge on any atom is -0.497 e. The van der Waals surface area contributed by atoms with Crippen LogP contribution in [0.25, 0.3) is 0 Å². The standard InChI is InChI=1S/C15H15FN2O4/c1-22-12-5-2-10(3-6-12)15(19)9-17-13-8-11(16)4-7-14(13)18(20)21/h2-8,15,17,19H,9H2,1H3. The lowest BCUT2D eigenvalue weighted by Crippen LogP contribution is -2.13. The summed E-state index contributed by atoms with van der Waals surface area (Å²) in [5.74, 6) is 0.0664. The molecule has 7 heteroatoms. The number of anilines is 1. The molecular formula is C15H15FN2O4. The number of nitrogens with zero attached hydrogens (tertiary/aromatic N) is 1. The average molecular weight is 306 g/mol. The molecule has 22 heavy (non-hydrogen) atoms. The lowest BCUT2D eigenvalue weighted by molar-refractivity contribution is -0.384. The number of benzene rings is 2. The first-order valence-electron chi connectivity index (χ1n) is 6.51. The van der Waals surface area contributed by atoms with Gasteiger partial charge in [-0.05, 0) is 23.8 Å². The largest absolute Gasteiger partial charge is 0.497 e. The second-order valence-corrected chi connectivity index (χ2v) is 4.59. The van der Waals surface area contributed by atoms with Crippen molar-refractivity contribution in [1.29, 1.82) is 0 Å². The fourth-order valence-electron chi connectivity index (χ4n) is 1.96. The molecule has 0 saturated carbocycles. The van der Waals surface area contributed by atoms with Gasteiger partial charge < -0.3 is 15.2 Å². The third kappa shape index (κ3) is 3.70. The summed E-state index contributed by atoms with van der Waals surface area (Å²) >= 11 is 0. The van der Waals surface area contributed by atoms with E-state index in [2.05, 4.69) is 5.32 Å². The normalized spacial score (nSPS) is 11.8. The van der Waals surface area contributed by atoms with E-state index >= 15 is 0 Å². The number of nitrogens with one attached hydrogen (secondary N) is 1. The van der Waals surface area contributed by atoms with Crippen LogP contribution in [-0.2, 0) is 0 Å². The SMILES string of the molecule is COc1ccc(C(O)CNc2cc(F)ccc2[N+](=O)[O-])cc1. The number of halogens is 1. The van der Waals surface area contributed by atoms with Crippen molar-refractivity contribution in [1.82, 2.24) is 0 Å². The van der Waals surface area contributed by atoms with Gasteiger partial charge in [-0.3, -0.25) is 10.1 Å². The molecule has 0 aliphatic rings. The topological polar surface area (TPSA) is 84.6 Å². The lowest BCUT2D eigenvalue weighted by atomic mass is 10.1. The minimum absolute atomic E-state index is 0.0105. The van der Waals surface area contributed by atoms with Gasteiger partial charge in [-0.15, -0.1) is 0 Å². The first-order valence-corrected chi connectivity index (χ1v) is 6.51. The first kappa shape index (κ1) is 15.7. The van der Waals surface area contributed by atoms with Crippen LogP contribution in [0.3, 0.4) is 0 Å². The number of rotatable bonds is 6. The quantitative estimate of drug-likeness (QED) is 0.633. The fourth-order valence-corrected chi connectivity index (χ4v) is 1.96. The highest BCUT2D eigenvalue weighted by molar-refractivity contribution is 5.61. The Morgan fingerprint density at radius 3 is 2.59 bits per heavy atom. The zero-order valence-corrected chi connectivity index (χ0v) is 11.8.